The van der Waals surface area contributed by atoms with Crippen molar-refractivity contribution in [3.05, 3.63) is 72.3 Å². The zero-order valence-corrected chi connectivity index (χ0v) is 18.5. The molecule has 12 heteroatoms. The molecule has 0 saturated carbocycles. The monoisotopic (exact) mass is 488 g/mol. The topological polar surface area (TPSA) is 105 Å². The van der Waals surface area contributed by atoms with Gasteiger partial charge in [-0.25, -0.2) is 14.7 Å². The smallest absolute Gasteiger partial charge is 0.459 e. The summed E-state index contributed by atoms with van der Waals surface area (Å²) in [5, 5.41) is 2.59. The number of carbonyl (C=O) groups is 3. The first-order valence-electron chi connectivity index (χ1n) is 10.3. The van der Waals surface area contributed by atoms with Crippen LogP contribution in [0.4, 0.5) is 29.5 Å². The third-order valence-electron chi connectivity index (χ3n) is 5.30. The number of halogens is 3. The van der Waals surface area contributed by atoms with Gasteiger partial charge in [0.05, 0.1) is 12.0 Å². The standard InChI is InChI=1S/C23H19F3N4O5/c1-22(2)20(32)30(15-5-7-16(8-6-15)35-23(24,25)26)21(33)29(22)13-14-9-10-27-18(12-14)28-19(31)17-4-3-11-34-17/h3-12H,13H2,1-2H3,(H,27,28,31). The molecule has 0 spiro atoms. The zero-order valence-electron chi connectivity index (χ0n) is 18.5. The second-order valence-electron chi connectivity index (χ2n) is 8.09. The van der Waals surface area contributed by atoms with E-state index in [9.17, 15) is 27.6 Å². The number of amides is 4. The molecule has 182 valence electrons. The lowest BCUT2D eigenvalue weighted by Gasteiger charge is -2.27. The maximum atomic E-state index is 13.2. The van der Waals surface area contributed by atoms with E-state index in [4.69, 9.17) is 4.42 Å². The predicted molar refractivity (Wildman–Crippen MR) is 117 cm³/mol. The van der Waals surface area contributed by atoms with E-state index < -0.39 is 35.5 Å². The van der Waals surface area contributed by atoms with Crippen molar-refractivity contribution in [2.24, 2.45) is 0 Å². The Hall–Kier alpha value is -4.35. The van der Waals surface area contributed by atoms with E-state index in [0.29, 0.717) is 5.56 Å². The summed E-state index contributed by atoms with van der Waals surface area (Å²) in [4.78, 5) is 44.8. The minimum Gasteiger partial charge on any atom is -0.459 e. The highest BCUT2D eigenvalue weighted by molar-refractivity contribution is 6.22. The van der Waals surface area contributed by atoms with Gasteiger partial charge in [0.2, 0.25) is 0 Å². The van der Waals surface area contributed by atoms with Crippen molar-refractivity contribution in [2.75, 3.05) is 10.2 Å². The fourth-order valence-electron chi connectivity index (χ4n) is 3.53. The third kappa shape index (κ3) is 4.95. The molecule has 1 aliphatic heterocycles. The molecule has 3 heterocycles. The lowest BCUT2D eigenvalue weighted by atomic mass is 10.0. The van der Waals surface area contributed by atoms with E-state index in [-0.39, 0.29) is 23.8 Å². The summed E-state index contributed by atoms with van der Waals surface area (Å²) >= 11 is 0. The summed E-state index contributed by atoms with van der Waals surface area (Å²) in [7, 11) is 0. The third-order valence-corrected chi connectivity index (χ3v) is 5.30. The summed E-state index contributed by atoms with van der Waals surface area (Å²) in [5.41, 5.74) is -0.565. The fraction of sp³-hybridized carbons (Fsp3) is 0.217. The van der Waals surface area contributed by atoms with Gasteiger partial charge in [0.1, 0.15) is 17.1 Å². The van der Waals surface area contributed by atoms with E-state index in [1.807, 2.05) is 0 Å². The number of rotatable bonds is 6. The van der Waals surface area contributed by atoms with Crippen LogP contribution in [0, 0.1) is 0 Å². The Morgan fingerprint density at radius 3 is 2.49 bits per heavy atom. The van der Waals surface area contributed by atoms with E-state index in [1.165, 1.54) is 35.6 Å². The SMILES string of the molecule is CC1(C)C(=O)N(c2ccc(OC(F)(F)F)cc2)C(=O)N1Cc1ccnc(NC(=O)c2ccco2)c1. The van der Waals surface area contributed by atoms with Crippen LogP contribution in [-0.4, -0.2) is 39.6 Å². The second-order valence-corrected chi connectivity index (χ2v) is 8.09. The molecular formula is C23H19F3N4O5. The van der Waals surface area contributed by atoms with Gasteiger partial charge >= 0.3 is 12.4 Å². The maximum absolute atomic E-state index is 13.2. The van der Waals surface area contributed by atoms with Crippen molar-refractivity contribution in [2.45, 2.75) is 32.3 Å². The number of ether oxygens (including phenoxy) is 1. The Morgan fingerprint density at radius 1 is 1.14 bits per heavy atom. The van der Waals surface area contributed by atoms with Crippen molar-refractivity contribution in [1.82, 2.24) is 9.88 Å². The number of hydrogen-bond acceptors (Lipinski definition) is 6. The highest BCUT2D eigenvalue weighted by Crippen LogP contribution is 2.34. The number of imide groups is 1. The van der Waals surface area contributed by atoms with Crippen LogP contribution in [-0.2, 0) is 11.3 Å². The van der Waals surface area contributed by atoms with E-state index in [1.54, 1.807) is 32.0 Å². The highest BCUT2D eigenvalue weighted by Gasteiger charge is 2.51. The summed E-state index contributed by atoms with van der Waals surface area (Å²) in [5.74, 6) is -1.21. The number of nitrogens with one attached hydrogen (secondary N) is 1. The van der Waals surface area contributed by atoms with Gasteiger partial charge in [0, 0.05) is 12.7 Å². The molecule has 0 radical (unpaired) electrons. The molecule has 2 aromatic heterocycles. The van der Waals surface area contributed by atoms with Gasteiger partial charge in [-0.2, -0.15) is 0 Å². The molecule has 1 aliphatic rings. The maximum Gasteiger partial charge on any atom is 0.573 e. The predicted octanol–water partition coefficient (Wildman–Crippen LogP) is 4.57. The Balaban J connectivity index is 1.52. The zero-order chi connectivity index (χ0) is 25.4. The molecule has 1 aromatic carbocycles. The Labute approximate surface area is 197 Å². The molecule has 3 aromatic rings. The van der Waals surface area contributed by atoms with Crippen LogP contribution < -0.4 is 15.0 Å². The molecule has 9 nitrogen and oxygen atoms in total. The van der Waals surface area contributed by atoms with Gasteiger partial charge in [0.15, 0.2) is 5.76 Å². The first kappa shape index (κ1) is 23.8. The molecular weight excluding hydrogens is 469 g/mol. The van der Waals surface area contributed by atoms with Crippen molar-refractivity contribution in [3.63, 3.8) is 0 Å². The molecule has 1 fully saturated rings. The number of carbonyl (C=O) groups excluding carboxylic acids is 3. The van der Waals surface area contributed by atoms with Crippen LogP contribution in [0.2, 0.25) is 0 Å². The van der Waals surface area contributed by atoms with Crippen LogP contribution in [0.3, 0.4) is 0 Å². The van der Waals surface area contributed by atoms with Gasteiger partial charge < -0.3 is 19.4 Å². The largest absolute Gasteiger partial charge is 0.573 e. The quantitative estimate of drug-likeness (QED) is 0.510. The Bertz CT molecular complexity index is 1260. The number of aromatic nitrogens is 1. The lowest BCUT2D eigenvalue weighted by molar-refractivity contribution is -0.274. The molecule has 4 rings (SSSR count). The molecule has 1 saturated heterocycles. The van der Waals surface area contributed by atoms with Crippen LogP contribution in [0.1, 0.15) is 30.0 Å². The minimum atomic E-state index is -4.86. The van der Waals surface area contributed by atoms with E-state index in [0.717, 1.165) is 17.0 Å². The van der Waals surface area contributed by atoms with Crippen molar-refractivity contribution in [1.29, 1.82) is 0 Å². The lowest BCUT2D eigenvalue weighted by Crippen LogP contribution is -2.43. The van der Waals surface area contributed by atoms with Crippen molar-refractivity contribution >= 4 is 29.4 Å². The van der Waals surface area contributed by atoms with Gasteiger partial charge in [-0.3, -0.25) is 9.59 Å². The van der Waals surface area contributed by atoms with Gasteiger partial charge in [-0.1, -0.05) is 0 Å². The first-order valence-corrected chi connectivity index (χ1v) is 10.3. The normalized spacial score (nSPS) is 15.5. The number of urea groups is 1. The molecule has 0 bridgehead atoms. The van der Waals surface area contributed by atoms with Crippen LogP contribution in [0.5, 0.6) is 5.75 Å². The van der Waals surface area contributed by atoms with Crippen molar-refractivity contribution < 1.29 is 36.7 Å². The molecule has 1 N–H and O–H groups in total. The first-order chi connectivity index (χ1) is 16.5. The summed E-state index contributed by atoms with van der Waals surface area (Å²) < 4.78 is 46.1. The number of anilines is 2. The highest BCUT2D eigenvalue weighted by atomic mass is 19.4. The summed E-state index contributed by atoms with van der Waals surface area (Å²) in [6.07, 6.45) is -2.06. The van der Waals surface area contributed by atoms with Crippen LogP contribution in [0.15, 0.2) is 65.4 Å². The number of hydrogen-bond donors (Lipinski definition) is 1. The van der Waals surface area contributed by atoms with Crippen LogP contribution >= 0.6 is 0 Å². The Kier molecular flexibility index (Phi) is 5.97. The number of alkyl halides is 3. The van der Waals surface area contributed by atoms with Gasteiger partial charge in [0.25, 0.3) is 11.8 Å². The van der Waals surface area contributed by atoms with E-state index >= 15 is 0 Å². The molecule has 4 amide bonds. The van der Waals surface area contributed by atoms with Gasteiger partial charge in [-0.05, 0) is 67.9 Å². The molecule has 0 aliphatic carbocycles. The Morgan fingerprint density at radius 2 is 1.86 bits per heavy atom. The number of nitrogens with zero attached hydrogens (tertiary/aromatic N) is 3. The number of pyridine rings is 1. The molecule has 35 heavy (non-hydrogen) atoms. The number of furan rings is 1. The summed E-state index contributed by atoms with van der Waals surface area (Å²) in [6, 6.07) is 10.0. The number of benzene rings is 1. The van der Waals surface area contributed by atoms with Crippen LogP contribution in [0.25, 0.3) is 0 Å². The average Bonchev–Trinajstić information content (AvgIpc) is 3.37. The van der Waals surface area contributed by atoms with Gasteiger partial charge in [-0.15, -0.1) is 13.2 Å². The summed E-state index contributed by atoms with van der Waals surface area (Å²) in [6.45, 7) is 3.14. The minimum absolute atomic E-state index is 0.00941. The fourth-order valence-corrected chi connectivity index (χ4v) is 3.53. The molecule has 0 atom stereocenters. The molecule has 0 unspecified atom stereocenters. The van der Waals surface area contributed by atoms with E-state index in [2.05, 4.69) is 15.0 Å². The second kappa shape index (κ2) is 8.78. The average molecular weight is 488 g/mol. The van der Waals surface area contributed by atoms with Crippen molar-refractivity contribution in [3.8, 4) is 5.75 Å².